The second-order valence-corrected chi connectivity index (χ2v) is 10.2. The molecule has 0 aliphatic carbocycles. The van der Waals surface area contributed by atoms with Crippen LogP contribution in [0.4, 0.5) is 11.8 Å². The highest BCUT2D eigenvalue weighted by atomic mass is 35.5. The molecule has 0 radical (unpaired) electrons. The number of methoxy groups -OCH3 is 2. The molecule has 3 N–H and O–H groups in total. The molecule has 2 saturated heterocycles. The van der Waals surface area contributed by atoms with E-state index in [2.05, 4.69) is 27.5 Å². The molecule has 0 bridgehead atoms. The number of anilines is 2. The number of rotatable bonds is 10. The second-order valence-electron chi connectivity index (χ2n) is 9.40. The molecule has 2 aromatic heterocycles. The number of carbonyl (C=O) groups excluding carboxylic acids is 1. The fraction of sp³-hybridized carbons (Fsp3) is 0.407. The van der Waals surface area contributed by atoms with Crippen LogP contribution in [0.5, 0.6) is 11.5 Å². The summed E-state index contributed by atoms with van der Waals surface area (Å²) in [6, 6.07) is 2.96. The predicted octanol–water partition coefficient (Wildman–Crippen LogP) is 4.09. The molecule has 40 heavy (non-hydrogen) atoms. The Kier molecular flexibility index (Phi) is 8.75. The largest absolute Gasteiger partial charge is 0.495 e. The van der Waals surface area contributed by atoms with Crippen molar-refractivity contribution in [3.05, 3.63) is 41.0 Å². The number of carbonyl (C=O) groups is 1. The van der Waals surface area contributed by atoms with Gasteiger partial charge in [0.2, 0.25) is 11.9 Å². The van der Waals surface area contributed by atoms with Gasteiger partial charge in [-0.25, -0.2) is 15.0 Å². The van der Waals surface area contributed by atoms with Gasteiger partial charge in [0, 0.05) is 36.4 Å². The smallest absolute Gasteiger partial charge is 0.243 e. The minimum absolute atomic E-state index is 0.0638. The molecule has 1 aromatic carbocycles. The van der Waals surface area contributed by atoms with Gasteiger partial charge in [-0.3, -0.25) is 4.79 Å². The van der Waals surface area contributed by atoms with Gasteiger partial charge in [0.25, 0.3) is 0 Å². The Balaban J connectivity index is 1.54. The van der Waals surface area contributed by atoms with E-state index < -0.39 is 0 Å². The van der Waals surface area contributed by atoms with Gasteiger partial charge in [0.15, 0.2) is 5.82 Å². The van der Waals surface area contributed by atoms with Crippen LogP contribution in [0.1, 0.15) is 12.8 Å². The first-order valence-corrected chi connectivity index (χ1v) is 13.6. The molecule has 11 nitrogen and oxygen atoms in total. The van der Waals surface area contributed by atoms with Crippen molar-refractivity contribution in [1.82, 2.24) is 20.3 Å². The van der Waals surface area contributed by atoms with Crippen molar-refractivity contribution in [1.29, 1.82) is 0 Å². The fourth-order valence-corrected chi connectivity index (χ4v) is 5.43. The molecule has 212 valence electrons. The zero-order valence-corrected chi connectivity index (χ0v) is 23.6. The third-order valence-corrected chi connectivity index (χ3v) is 7.58. The zero-order chi connectivity index (χ0) is 28.2. The van der Waals surface area contributed by atoms with Crippen LogP contribution in [0, 0.1) is 0 Å². The van der Waals surface area contributed by atoms with Gasteiger partial charge in [0.1, 0.15) is 17.0 Å². The maximum atomic E-state index is 11.8. The van der Waals surface area contributed by atoms with Crippen LogP contribution in [-0.2, 0) is 14.3 Å². The lowest BCUT2D eigenvalue weighted by atomic mass is 10.1. The lowest BCUT2D eigenvalue weighted by Gasteiger charge is -2.20. The number of amides is 1. The Labute approximate surface area is 241 Å². The topological polar surface area (TPSA) is 129 Å². The van der Waals surface area contributed by atoms with E-state index in [1.165, 1.54) is 20.3 Å². The first kappa shape index (κ1) is 28.2. The van der Waals surface area contributed by atoms with Crippen LogP contribution in [0.2, 0.25) is 10.0 Å². The number of ether oxygens (including phenoxy) is 4. The summed E-state index contributed by atoms with van der Waals surface area (Å²) in [5.74, 6) is 1.42. The molecule has 0 saturated carbocycles. The number of hydrogen-bond donors (Lipinski definition) is 3. The van der Waals surface area contributed by atoms with Gasteiger partial charge in [-0.15, -0.1) is 0 Å². The summed E-state index contributed by atoms with van der Waals surface area (Å²) >= 11 is 13.4. The summed E-state index contributed by atoms with van der Waals surface area (Å²) < 4.78 is 22.3. The van der Waals surface area contributed by atoms with Gasteiger partial charge in [-0.1, -0.05) is 29.8 Å². The van der Waals surface area contributed by atoms with Gasteiger partial charge >= 0.3 is 0 Å². The van der Waals surface area contributed by atoms with E-state index in [0.29, 0.717) is 75.2 Å². The number of halogens is 2. The minimum Gasteiger partial charge on any atom is -0.495 e. The summed E-state index contributed by atoms with van der Waals surface area (Å²) in [5.41, 5.74) is 1.55. The fourth-order valence-electron chi connectivity index (χ4n) is 4.73. The van der Waals surface area contributed by atoms with E-state index in [-0.39, 0.29) is 24.1 Å². The van der Waals surface area contributed by atoms with Crippen molar-refractivity contribution in [2.45, 2.75) is 31.0 Å². The first-order chi connectivity index (χ1) is 19.4. The number of nitrogens with one attached hydrogen (secondary N) is 3. The Morgan fingerprint density at radius 2 is 1.90 bits per heavy atom. The Hall–Kier alpha value is -3.38. The van der Waals surface area contributed by atoms with E-state index in [9.17, 15) is 4.79 Å². The van der Waals surface area contributed by atoms with Gasteiger partial charge in [-0.05, 0) is 25.0 Å². The van der Waals surface area contributed by atoms with Crippen molar-refractivity contribution < 1.29 is 23.7 Å². The number of nitrogens with zero attached hydrogens (tertiary/aromatic N) is 3. The maximum absolute atomic E-state index is 11.8. The van der Waals surface area contributed by atoms with Crippen molar-refractivity contribution in [3.63, 3.8) is 0 Å². The zero-order valence-electron chi connectivity index (χ0n) is 22.1. The van der Waals surface area contributed by atoms with E-state index in [4.69, 9.17) is 52.1 Å². The van der Waals surface area contributed by atoms with Crippen LogP contribution in [0.15, 0.2) is 31.0 Å². The highest BCUT2D eigenvalue weighted by Crippen LogP contribution is 2.46. The predicted molar refractivity (Wildman–Crippen MR) is 154 cm³/mol. The van der Waals surface area contributed by atoms with E-state index in [0.717, 1.165) is 19.4 Å². The summed E-state index contributed by atoms with van der Waals surface area (Å²) in [6.45, 7) is 5.55. The molecule has 5 rings (SSSR count). The van der Waals surface area contributed by atoms with Crippen LogP contribution in [-0.4, -0.2) is 79.6 Å². The third-order valence-electron chi connectivity index (χ3n) is 6.82. The molecule has 2 aliphatic heterocycles. The molecule has 3 atom stereocenters. The van der Waals surface area contributed by atoms with Gasteiger partial charge in [-0.2, -0.15) is 0 Å². The molecule has 4 heterocycles. The number of fused-ring (bicyclic) bond motifs is 1. The van der Waals surface area contributed by atoms with E-state index in [1.807, 2.05) is 6.07 Å². The van der Waals surface area contributed by atoms with Gasteiger partial charge < -0.3 is 34.9 Å². The first-order valence-electron chi connectivity index (χ1n) is 12.8. The number of pyridine rings is 1. The average molecular weight is 589 g/mol. The molecule has 3 aromatic rings. The van der Waals surface area contributed by atoms with Crippen LogP contribution >= 0.6 is 23.2 Å². The highest BCUT2D eigenvalue weighted by molar-refractivity contribution is 6.41. The van der Waals surface area contributed by atoms with Crippen molar-refractivity contribution in [3.8, 4) is 22.8 Å². The van der Waals surface area contributed by atoms with Crippen molar-refractivity contribution in [2.24, 2.45) is 0 Å². The number of aromatic nitrogens is 3. The third kappa shape index (κ3) is 5.87. The van der Waals surface area contributed by atoms with Crippen LogP contribution in [0.25, 0.3) is 22.2 Å². The highest BCUT2D eigenvalue weighted by Gasteiger charge is 2.30. The molecule has 2 fully saturated rings. The Morgan fingerprint density at radius 3 is 2.58 bits per heavy atom. The van der Waals surface area contributed by atoms with Crippen LogP contribution < -0.4 is 25.4 Å². The van der Waals surface area contributed by atoms with Gasteiger partial charge in [0.05, 0.1) is 61.4 Å². The summed E-state index contributed by atoms with van der Waals surface area (Å²) in [5, 5.41) is 10.9. The Morgan fingerprint density at radius 1 is 1.15 bits per heavy atom. The van der Waals surface area contributed by atoms with Crippen molar-refractivity contribution >= 4 is 51.8 Å². The molecular weight excluding hydrogens is 559 g/mol. The molecule has 0 unspecified atom stereocenters. The SMILES string of the molecule is C=CC(=O)N[C@H]1COC[C@H]1Nc1ncc2cc(-c3c(Cl)c(OC)cc(OC)c3Cl)nc(NC[C@@H]3CCCO3)c2n1. The standard InChI is InChI=1S/C27H30Cl2N6O5/c1-4-21(36)32-17-12-39-13-18(17)34-27-31-10-14-8-16(22-23(28)19(37-2)9-20(38-3)24(22)29)33-26(25(14)35-27)30-11-15-6-5-7-40-15/h4,8-10,15,17-18H,1,5-7,11-13H2,2-3H3,(H,30,33)(H,32,36)(H,31,34,35)/t15-,17-,18+/m0/s1. The molecule has 1 amide bonds. The molecule has 13 heteroatoms. The minimum atomic E-state index is -0.273. The lowest BCUT2D eigenvalue weighted by molar-refractivity contribution is -0.117. The molecule has 0 spiro atoms. The Bertz CT molecular complexity index is 1390. The summed E-state index contributed by atoms with van der Waals surface area (Å²) in [7, 11) is 3.04. The number of benzene rings is 1. The number of hydrogen-bond acceptors (Lipinski definition) is 10. The lowest BCUT2D eigenvalue weighted by Crippen LogP contribution is -2.45. The molecule has 2 aliphatic rings. The molecular formula is C27H30Cl2N6O5. The van der Waals surface area contributed by atoms with Crippen molar-refractivity contribution in [2.75, 3.05) is 51.2 Å². The van der Waals surface area contributed by atoms with Crippen LogP contribution in [0.3, 0.4) is 0 Å². The van der Waals surface area contributed by atoms with E-state index in [1.54, 1.807) is 12.3 Å². The normalized spacial score (nSPS) is 20.4. The summed E-state index contributed by atoms with van der Waals surface area (Å²) in [4.78, 5) is 26.0. The summed E-state index contributed by atoms with van der Waals surface area (Å²) in [6.07, 6.45) is 4.95. The van der Waals surface area contributed by atoms with E-state index >= 15 is 0 Å². The average Bonchev–Trinajstić information content (AvgIpc) is 3.64. The quantitative estimate of drug-likeness (QED) is 0.298. The maximum Gasteiger partial charge on any atom is 0.243 e. The second kappa shape index (κ2) is 12.4. The monoisotopic (exact) mass is 588 g/mol.